The van der Waals surface area contributed by atoms with Crippen LogP contribution >= 0.6 is 0 Å². The minimum Gasteiger partial charge on any atom is -0.478 e. The number of fused-ring (bicyclic) bond motifs is 8. The summed E-state index contributed by atoms with van der Waals surface area (Å²) in [7, 11) is 0. The molecule has 5 heterocycles. The maximum Gasteiger partial charge on any atom is 0.416 e. The van der Waals surface area contributed by atoms with Crippen LogP contribution in [-0.2, 0) is 21.7 Å². The number of aromatic carboxylic acids is 3. The Bertz CT molecular complexity index is 1760. The third kappa shape index (κ3) is 4.35. The zero-order valence-electron chi connectivity index (χ0n) is 18.5. The fourth-order valence-corrected chi connectivity index (χ4v) is 4.13. The molecule has 0 unspecified atom stereocenters. The Hall–Kier alpha value is -4.81. The predicted octanol–water partition coefficient (Wildman–Crippen LogP) is 3.75. The fourth-order valence-electron chi connectivity index (χ4n) is 4.13. The normalized spacial score (nSPS) is 11.7. The number of carbonyl (C=O) groups is 4. The van der Waals surface area contributed by atoms with Crippen LogP contribution in [0.3, 0.4) is 0 Å². The number of carboxylic acids is 3. The first-order valence-electron chi connectivity index (χ1n) is 10.2. The van der Waals surface area contributed by atoms with Crippen LogP contribution < -0.4 is 0 Å². The van der Waals surface area contributed by atoms with E-state index in [2.05, 4.69) is 15.0 Å². The number of hydrogen-bond donors (Lipinski definition) is 5. The molecule has 0 saturated carbocycles. The van der Waals surface area contributed by atoms with Crippen LogP contribution in [0.1, 0.15) is 53.8 Å². The number of aromatic nitrogens is 4. The number of hydrogen-bond acceptors (Lipinski definition) is 6. The van der Waals surface area contributed by atoms with Gasteiger partial charge in [-0.3, -0.25) is 0 Å². The van der Waals surface area contributed by atoms with Gasteiger partial charge in [0.25, 0.3) is 0 Å². The molecule has 2 aliphatic rings. The molecule has 0 saturated heterocycles. The summed E-state index contributed by atoms with van der Waals surface area (Å²) >= 11 is 0. The summed E-state index contributed by atoms with van der Waals surface area (Å²) in [6.07, 6.45) is 4.03. The van der Waals surface area contributed by atoms with Gasteiger partial charge in [-0.25, -0.2) is 33.7 Å². The molecule has 0 spiro atoms. The average Bonchev–Trinajstić information content (AvgIpc) is 3.56. The van der Waals surface area contributed by atoms with Crippen LogP contribution in [0.15, 0.2) is 30.3 Å². The van der Waals surface area contributed by atoms with Crippen LogP contribution in [-0.4, -0.2) is 63.9 Å². The molecule has 3 aromatic rings. The van der Waals surface area contributed by atoms with E-state index in [1.165, 1.54) is 18.2 Å². The van der Waals surface area contributed by atoms with Crippen LogP contribution in [0.2, 0.25) is 0 Å². The van der Waals surface area contributed by atoms with Crippen molar-refractivity contribution in [3.63, 3.8) is 0 Å². The summed E-state index contributed by atoms with van der Waals surface area (Å²) < 4.78 is 0.328. The van der Waals surface area contributed by atoms with Gasteiger partial charge < -0.3 is 25.4 Å². The Labute approximate surface area is 220 Å². The van der Waals surface area contributed by atoms with Gasteiger partial charge in [-0.05, 0) is 54.6 Å². The van der Waals surface area contributed by atoms with Crippen LogP contribution in [0, 0.1) is 0 Å². The van der Waals surface area contributed by atoms with Gasteiger partial charge in [-0.15, -0.1) is 0 Å². The Morgan fingerprint density at radius 3 is 1.73 bits per heavy atom. The molecule has 0 radical (unpaired) electrons. The van der Waals surface area contributed by atoms with E-state index in [1.807, 2.05) is 0 Å². The maximum absolute atomic E-state index is 12.4. The smallest absolute Gasteiger partial charge is 0.416 e. The number of H-pyrrole nitrogens is 1. The second-order valence-electron chi connectivity index (χ2n) is 7.74. The van der Waals surface area contributed by atoms with E-state index in [0.29, 0.717) is 27.0 Å². The van der Waals surface area contributed by atoms with Crippen molar-refractivity contribution in [1.82, 2.24) is 19.5 Å². The van der Waals surface area contributed by atoms with Crippen molar-refractivity contribution in [3.8, 4) is 0 Å². The number of carboxylic acid groups (broad SMARTS) is 4. The van der Waals surface area contributed by atoms with Gasteiger partial charge in [0, 0.05) is 32.8 Å². The molecule has 0 amide bonds. The van der Waals surface area contributed by atoms with Gasteiger partial charge in [-0.2, -0.15) is 0 Å². The van der Waals surface area contributed by atoms with E-state index in [-0.39, 0.29) is 33.1 Å². The molecule has 0 fully saturated rings. The fraction of sp³-hybridized carbons (Fsp3) is 0. The third-order valence-corrected chi connectivity index (χ3v) is 5.50. The third-order valence-electron chi connectivity index (χ3n) is 5.50. The Morgan fingerprint density at radius 2 is 1.19 bits per heavy atom. The van der Waals surface area contributed by atoms with Crippen molar-refractivity contribution in [2.45, 2.75) is 0 Å². The van der Waals surface area contributed by atoms with Gasteiger partial charge in [0.15, 0.2) is 0 Å². The topological polar surface area (TPSA) is 196 Å². The first-order valence-corrected chi connectivity index (χ1v) is 10.2. The second-order valence-corrected chi connectivity index (χ2v) is 7.74. The van der Waals surface area contributed by atoms with Gasteiger partial charge in [0.2, 0.25) is 0 Å². The molecule has 0 aliphatic carbocycles. The molecule has 5 N–H and O–H groups in total. The summed E-state index contributed by atoms with van der Waals surface area (Å²) in [5, 5.41) is 39.8. The van der Waals surface area contributed by atoms with Crippen molar-refractivity contribution in [2.24, 2.45) is 0 Å². The first-order chi connectivity index (χ1) is 17.1. The Kier molecular flexibility index (Phi) is 6.38. The molecule has 37 heavy (non-hydrogen) atoms. The molecule has 8 bridgehead atoms. The summed E-state index contributed by atoms with van der Waals surface area (Å²) in [6.45, 7) is 0. The molecule has 3 aromatic heterocycles. The molecule has 5 rings (SSSR count). The van der Waals surface area contributed by atoms with Gasteiger partial charge in [-0.1, -0.05) is 0 Å². The number of rotatable bonds is 3. The molecule has 13 heteroatoms. The van der Waals surface area contributed by atoms with Crippen molar-refractivity contribution in [2.75, 3.05) is 0 Å². The Balaban J connectivity index is 0.00000320. The summed E-state index contributed by atoms with van der Waals surface area (Å²) in [5.41, 5.74) is -2.17. The molecular weight excluding hydrogens is 520 g/mol. The molecular formula is C24H14N4O8Ti. The largest absolute Gasteiger partial charge is 0.478 e. The van der Waals surface area contributed by atoms with Crippen molar-refractivity contribution < 1.29 is 61.3 Å². The monoisotopic (exact) mass is 534 g/mol. The molecule has 0 atom stereocenters. The summed E-state index contributed by atoms with van der Waals surface area (Å²) in [4.78, 5) is 60.8. The number of aromatic amines is 1. The molecule has 12 nitrogen and oxygen atoms in total. The standard InChI is InChI=1S/C24H14N4O8.Ti/c29-21(30)17-15-6-5-13(27-15)8-12-2-1-10(25-12)7-11-3-4-14(26-11)9-16-18(22(31)32)19(23(33)34)20(17)28(16)24(35)36;/h1-9,25H,(H,29,30)(H,31,32)(H,33,34)(H,35,36);. The van der Waals surface area contributed by atoms with Crippen LogP contribution in [0.25, 0.3) is 46.4 Å². The van der Waals surface area contributed by atoms with E-state index in [1.54, 1.807) is 30.3 Å². The molecule has 182 valence electrons. The summed E-state index contributed by atoms with van der Waals surface area (Å²) in [6, 6.07) is 7.92. The van der Waals surface area contributed by atoms with Gasteiger partial charge >= 0.3 is 24.0 Å². The first kappa shape index (κ1) is 25.3. The second kappa shape index (κ2) is 9.34. The van der Waals surface area contributed by atoms with E-state index >= 15 is 0 Å². The van der Waals surface area contributed by atoms with Crippen LogP contribution in [0.5, 0.6) is 0 Å². The average molecular weight is 534 g/mol. The SMILES string of the molecule is O=C(O)c1c(C(=O)O)c2c(C(=O)O)c3nc(cc4ccc(cc5nc(cc1n2C(=O)O)C=C5)[nH]4)C=C3.[Ti]. The predicted molar refractivity (Wildman–Crippen MR) is 127 cm³/mol. The van der Waals surface area contributed by atoms with E-state index in [4.69, 9.17) is 0 Å². The van der Waals surface area contributed by atoms with E-state index in [0.717, 1.165) is 6.07 Å². The summed E-state index contributed by atoms with van der Waals surface area (Å²) in [5.74, 6) is -5.28. The van der Waals surface area contributed by atoms with Gasteiger partial charge in [0.05, 0.1) is 33.8 Å². The van der Waals surface area contributed by atoms with Crippen molar-refractivity contribution in [3.05, 3.63) is 69.8 Å². The van der Waals surface area contributed by atoms with Crippen molar-refractivity contribution in [1.29, 1.82) is 0 Å². The maximum atomic E-state index is 12.4. The Morgan fingerprint density at radius 1 is 0.676 bits per heavy atom. The van der Waals surface area contributed by atoms with Gasteiger partial charge in [0.1, 0.15) is 16.7 Å². The number of nitrogens with zero attached hydrogens (tertiary/aromatic N) is 3. The zero-order chi connectivity index (χ0) is 25.7. The minimum atomic E-state index is -1.82. The van der Waals surface area contributed by atoms with Crippen LogP contribution in [0.4, 0.5) is 4.79 Å². The van der Waals surface area contributed by atoms with Crippen molar-refractivity contribution >= 4 is 70.4 Å². The molecule has 0 aromatic carbocycles. The zero-order valence-corrected chi connectivity index (χ0v) is 20.0. The number of nitrogens with one attached hydrogen (secondary N) is 1. The minimum absolute atomic E-state index is 0. The van der Waals surface area contributed by atoms with E-state index < -0.39 is 51.7 Å². The molecule has 2 aliphatic heterocycles. The van der Waals surface area contributed by atoms with E-state index in [9.17, 15) is 39.6 Å². The quantitative estimate of drug-likeness (QED) is 0.213.